The molecule has 0 radical (unpaired) electrons. The summed E-state index contributed by atoms with van der Waals surface area (Å²) < 4.78 is 5.01. The normalized spacial score (nSPS) is 14.6. The predicted octanol–water partition coefficient (Wildman–Crippen LogP) is 4.09. The Kier molecular flexibility index (Phi) is 6.04. The molecule has 6 heteroatoms. The standard InChI is InChI=1S/C20H26N4O2/c1-3-26-19(25)16-8-10-17(11-9-16)22-18-14-15(2)21-20(23-18)24-12-6-4-5-7-13-24/h8-11,14H,3-7,12-13H2,1-2H3,(H,21,22,23). The Hall–Kier alpha value is -2.63. The SMILES string of the molecule is CCOC(=O)c1ccc(Nc2cc(C)nc(N3CCCCCC3)n2)cc1. The quantitative estimate of drug-likeness (QED) is 0.816. The molecule has 1 aromatic heterocycles. The molecule has 1 aromatic carbocycles. The summed E-state index contributed by atoms with van der Waals surface area (Å²) in [6.07, 6.45) is 4.94. The van der Waals surface area contributed by atoms with Gasteiger partial charge in [0.1, 0.15) is 5.82 Å². The molecule has 0 unspecified atom stereocenters. The van der Waals surface area contributed by atoms with Gasteiger partial charge in [-0.15, -0.1) is 0 Å². The van der Waals surface area contributed by atoms with E-state index in [1.165, 1.54) is 25.7 Å². The number of rotatable bonds is 5. The number of ether oxygens (including phenoxy) is 1. The number of anilines is 3. The average molecular weight is 354 g/mol. The van der Waals surface area contributed by atoms with E-state index in [4.69, 9.17) is 9.72 Å². The van der Waals surface area contributed by atoms with Gasteiger partial charge in [-0.2, -0.15) is 4.98 Å². The molecule has 1 N–H and O–H groups in total. The largest absolute Gasteiger partial charge is 0.462 e. The summed E-state index contributed by atoms with van der Waals surface area (Å²) in [5.41, 5.74) is 2.35. The molecule has 0 amide bonds. The molecule has 1 fully saturated rings. The number of carbonyl (C=O) groups is 1. The van der Waals surface area contributed by atoms with Crippen molar-refractivity contribution in [1.82, 2.24) is 9.97 Å². The van der Waals surface area contributed by atoms with E-state index in [1.54, 1.807) is 19.1 Å². The van der Waals surface area contributed by atoms with Gasteiger partial charge in [0, 0.05) is 30.5 Å². The zero-order valence-electron chi connectivity index (χ0n) is 15.5. The van der Waals surface area contributed by atoms with Crippen LogP contribution in [0.25, 0.3) is 0 Å². The van der Waals surface area contributed by atoms with Crippen LogP contribution in [-0.4, -0.2) is 35.6 Å². The Morgan fingerprint density at radius 2 is 1.81 bits per heavy atom. The van der Waals surface area contributed by atoms with Crippen molar-refractivity contribution in [3.63, 3.8) is 0 Å². The number of benzene rings is 1. The summed E-state index contributed by atoms with van der Waals surface area (Å²) in [4.78, 5) is 23.3. The molecule has 26 heavy (non-hydrogen) atoms. The second-order valence-corrected chi connectivity index (χ2v) is 6.52. The van der Waals surface area contributed by atoms with Crippen molar-refractivity contribution in [1.29, 1.82) is 0 Å². The number of hydrogen-bond acceptors (Lipinski definition) is 6. The Bertz CT molecular complexity index is 738. The fourth-order valence-corrected chi connectivity index (χ4v) is 3.08. The van der Waals surface area contributed by atoms with Gasteiger partial charge in [0.25, 0.3) is 0 Å². The fraction of sp³-hybridized carbons (Fsp3) is 0.450. The molecule has 2 aromatic rings. The third-order valence-corrected chi connectivity index (χ3v) is 4.40. The first kappa shape index (κ1) is 18.2. The van der Waals surface area contributed by atoms with E-state index in [-0.39, 0.29) is 5.97 Å². The van der Waals surface area contributed by atoms with Crippen LogP contribution < -0.4 is 10.2 Å². The van der Waals surface area contributed by atoms with E-state index in [9.17, 15) is 4.79 Å². The van der Waals surface area contributed by atoms with E-state index >= 15 is 0 Å². The minimum absolute atomic E-state index is 0.305. The van der Waals surface area contributed by atoms with Crippen LogP contribution in [0.5, 0.6) is 0 Å². The van der Waals surface area contributed by atoms with Crippen LogP contribution in [0.1, 0.15) is 48.7 Å². The van der Waals surface area contributed by atoms with Gasteiger partial charge < -0.3 is 15.0 Å². The summed E-state index contributed by atoms with van der Waals surface area (Å²) in [6.45, 7) is 6.18. The highest BCUT2D eigenvalue weighted by molar-refractivity contribution is 5.89. The first-order valence-electron chi connectivity index (χ1n) is 9.30. The van der Waals surface area contributed by atoms with Crippen LogP contribution in [0.15, 0.2) is 30.3 Å². The lowest BCUT2D eigenvalue weighted by Crippen LogP contribution is -2.26. The van der Waals surface area contributed by atoms with Crippen LogP contribution in [0.2, 0.25) is 0 Å². The highest BCUT2D eigenvalue weighted by Crippen LogP contribution is 2.21. The summed E-state index contributed by atoms with van der Waals surface area (Å²) in [6, 6.07) is 9.15. The van der Waals surface area contributed by atoms with Gasteiger partial charge in [-0.05, 0) is 51.0 Å². The molecule has 0 aliphatic carbocycles. The van der Waals surface area contributed by atoms with Gasteiger partial charge >= 0.3 is 5.97 Å². The first-order chi connectivity index (χ1) is 12.7. The Morgan fingerprint density at radius 3 is 2.46 bits per heavy atom. The van der Waals surface area contributed by atoms with Crippen molar-refractivity contribution in [2.24, 2.45) is 0 Å². The monoisotopic (exact) mass is 354 g/mol. The second kappa shape index (κ2) is 8.65. The third-order valence-electron chi connectivity index (χ3n) is 4.40. The molecular formula is C20H26N4O2. The van der Waals surface area contributed by atoms with Gasteiger partial charge in [0.15, 0.2) is 0 Å². The molecule has 0 saturated carbocycles. The second-order valence-electron chi connectivity index (χ2n) is 6.52. The third kappa shape index (κ3) is 4.71. The Balaban J connectivity index is 1.74. The minimum atomic E-state index is -0.305. The summed E-state index contributed by atoms with van der Waals surface area (Å²) >= 11 is 0. The lowest BCUT2D eigenvalue weighted by molar-refractivity contribution is 0.0526. The number of nitrogens with zero attached hydrogens (tertiary/aromatic N) is 3. The van der Waals surface area contributed by atoms with Crippen LogP contribution in [-0.2, 0) is 4.74 Å². The summed E-state index contributed by atoms with van der Waals surface area (Å²) in [5, 5.41) is 3.31. The molecule has 2 heterocycles. The molecule has 138 valence electrons. The van der Waals surface area contributed by atoms with Gasteiger partial charge in [-0.1, -0.05) is 12.8 Å². The lowest BCUT2D eigenvalue weighted by Gasteiger charge is -2.21. The zero-order valence-corrected chi connectivity index (χ0v) is 15.5. The topological polar surface area (TPSA) is 67.3 Å². The molecule has 1 aliphatic heterocycles. The van der Waals surface area contributed by atoms with E-state index in [1.807, 2.05) is 25.1 Å². The first-order valence-corrected chi connectivity index (χ1v) is 9.30. The minimum Gasteiger partial charge on any atom is -0.462 e. The molecule has 1 saturated heterocycles. The van der Waals surface area contributed by atoms with Crippen LogP contribution in [0.3, 0.4) is 0 Å². The van der Waals surface area contributed by atoms with Crippen molar-refractivity contribution >= 4 is 23.4 Å². The number of nitrogens with one attached hydrogen (secondary N) is 1. The molecule has 3 rings (SSSR count). The highest BCUT2D eigenvalue weighted by Gasteiger charge is 2.14. The molecule has 0 atom stereocenters. The maximum absolute atomic E-state index is 11.7. The van der Waals surface area contributed by atoms with E-state index in [0.717, 1.165) is 36.2 Å². The predicted molar refractivity (Wildman–Crippen MR) is 103 cm³/mol. The molecule has 0 bridgehead atoms. The lowest BCUT2D eigenvalue weighted by atomic mass is 10.2. The maximum atomic E-state index is 11.7. The summed E-state index contributed by atoms with van der Waals surface area (Å²) in [7, 11) is 0. The van der Waals surface area contributed by atoms with Crippen molar-refractivity contribution in [2.45, 2.75) is 39.5 Å². The number of esters is 1. The van der Waals surface area contributed by atoms with Crippen LogP contribution in [0.4, 0.5) is 17.5 Å². The van der Waals surface area contributed by atoms with E-state index in [0.29, 0.717) is 12.2 Å². The van der Waals surface area contributed by atoms with Crippen molar-refractivity contribution in [2.75, 3.05) is 29.9 Å². The van der Waals surface area contributed by atoms with E-state index < -0.39 is 0 Å². The number of hydrogen-bond donors (Lipinski definition) is 1. The zero-order chi connectivity index (χ0) is 18.4. The average Bonchev–Trinajstić information content (AvgIpc) is 2.91. The van der Waals surface area contributed by atoms with Crippen molar-refractivity contribution < 1.29 is 9.53 Å². The van der Waals surface area contributed by atoms with Gasteiger partial charge in [-0.3, -0.25) is 0 Å². The number of aryl methyl sites for hydroxylation is 1. The van der Waals surface area contributed by atoms with Crippen molar-refractivity contribution in [3.8, 4) is 0 Å². The fourth-order valence-electron chi connectivity index (χ4n) is 3.08. The smallest absolute Gasteiger partial charge is 0.338 e. The Morgan fingerprint density at radius 1 is 1.12 bits per heavy atom. The molecule has 0 spiro atoms. The molecule has 6 nitrogen and oxygen atoms in total. The maximum Gasteiger partial charge on any atom is 0.338 e. The van der Waals surface area contributed by atoms with E-state index in [2.05, 4.69) is 15.2 Å². The van der Waals surface area contributed by atoms with Crippen molar-refractivity contribution in [3.05, 3.63) is 41.6 Å². The highest BCUT2D eigenvalue weighted by atomic mass is 16.5. The summed E-state index contributed by atoms with van der Waals surface area (Å²) in [5.74, 6) is 1.25. The van der Waals surface area contributed by atoms with Gasteiger partial charge in [0.05, 0.1) is 12.2 Å². The van der Waals surface area contributed by atoms with Gasteiger partial charge in [0.2, 0.25) is 5.95 Å². The van der Waals surface area contributed by atoms with Gasteiger partial charge in [-0.25, -0.2) is 9.78 Å². The number of aromatic nitrogens is 2. The Labute approximate surface area is 154 Å². The molecular weight excluding hydrogens is 328 g/mol. The molecule has 1 aliphatic rings. The van der Waals surface area contributed by atoms with Crippen LogP contribution >= 0.6 is 0 Å². The van der Waals surface area contributed by atoms with Crippen LogP contribution in [0, 0.1) is 6.92 Å². The number of carbonyl (C=O) groups excluding carboxylic acids is 1.